The maximum atomic E-state index is 12.5. The van der Waals surface area contributed by atoms with Crippen molar-refractivity contribution in [3.05, 3.63) is 23.8 Å². The topological polar surface area (TPSA) is 73.6 Å². The number of ether oxygens (including phenoxy) is 2. The van der Waals surface area contributed by atoms with E-state index in [1.54, 1.807) is 0 Å². The van der Waals surface area contributed by atoms with Gasteiger partial charge in [0.05, 0.1) is 19.1 Å². The summed E-state index contributed by atoms with van der Waals surface area (Å²) < 4.78 is 11.3. The van der Waals surface area contributed by atoms with Gasteiger partial charge in [-0.1, -0.05) is 18.9 Å². The van der Waals surface area contributed by atoms with E-state index in [0.717, 1.165) is 49.2 Å². The van der Waals surface area contributed by atoms with Gasteiger partial charge in [-0.15, -0.1) is 0 Å². The third-order valence-corrected chi connectivity index (χ3v) is 4.85. The lowest BCUT2D eigenvalue weighted by molar-refractivity contribution is -0.128. The number of carbonyl (C=O) groups is 1. The Kier molecular flexibility index (Phi) is 4.76. The molecule has 1 fully saturated rings. The molecular formula is C18H26N2O3. The molecule has 5 heteroatoms. The summed E-state index contributed by atoms with van der Waals surface area (Å²) in [6.07, 6.45) is 4.86. The van der Waals surface area contributed by atoms with Crippen LogP contribution in [0.4, 0.5) is 0 Å². The molecule has 1 amide bonds. The number of nitrogens with two attached hydrogens (primary N) is 1. The molecule has 3 N–H and O–H groups in total. The molecule has 2 aliphatic rings. The third kappa shape index (κ3) is 3.78. The standard InChI is InChI=1S/C18H26N2O3/c1-18(19)8-3-2-5-14(18)17(21)20-12-13-6-7-15-16(11-13)23-10-4-9-22-15/h6-7,11,14H,2-5,8-10,12,19H2,1H3,(H,20,21). The van der Waals surface area contributed by atoms with E-state index in [1.807, 2.05) is 25.1 Å². The zero-order valence-corrected chi connectivity index (χ0v) is 13.8. The first kappa shape index (κ1) is 16.1. The number of nitrogens with one attached hydrogen (secondary N) is 1. The van der Waals surface area contributed by atoms with E-state index < -0.39 is 5.54 Å². The normalized spacial score (nSPS) is 27.1. The van der Waals surface area contributed by atoms with Gasteiger partial charge in [0.2, 0.25) is 5.91 Å². The SMILES string of the molecule is CC1(N)CCCCC1C(=O)NCc1ccc2c(c1)OCCCO2. The molecule has 1 aromatic carbocycles. The van der Waals surface area contributed by atoms with Crippen molar-refractivity contribution in [3.63, 3.8) is 0 Å². The molecule has 3 rings (SSSR count). The number of hydrogen-bond acceptors (Lipinski definition) is 4. The van der Waals surface area contributed by atoms with Gasteiger partial charge in [0.1, 0.15) is 0 Å². The van der Waals surface area contributed by atoms with Crippen molar-refractivity contribution < 1.29 is 14.3 Å². The molecule has 5 nitrogen and oxygen atoms in total. The van der Waals surface area contributed by atoms with Crippen molar-refractivity contribution in [1.29, 1.82) is 0 Å². The quantitative estimate of drug-likeness (QED) is 0.897. The first-order valence-electron chi connectivity index (χ1n) is 8.51. The van der Waals surface area contributed by atoms with Gasteiger partial charge in [-0.05, 0) is 37.5 Å². The highest BCUT2D eigenvalue weighted by Gasteiger charge is 2.37. The van der Waals surface area contributed by atoms with Gasteiger partial charge in [0, 0.05) is 18.5 Å². The lowest BCUT2D eigenvalue weighted by Crippen LogP contribution is -2.52. The van der Waals surface area contributed by atoms with Crippen molar-refractivity contribution in [2.75, 3.05) is 13.2 Å². The first-order chi connectivity index (χ1) is 11.1. The third-order valence-electron chi connectivity index (χ3n) is 4.85. The highest BCUT2D eigenvalue weighted by molar-refractivity contribution is 5.80. The van der Waals surface area contributed by atoms with E-state index in [2.05, 4.69) is 5.32 Å². The van der Waals surface area contributed by atoms with Crippen LogP contribution in [-0.4, -0.2) is 24.7 Å². The molecule has 1 heterocycles. The minimum atomic E-state index is -0.396. The van der Waals surface area contributed by atoms with E-state index in [9.17, 15) is 4.79 Å². The lowest BCUT2D eigenvalue weighted by atomic mass is 9.74. The van der Waals surface area contributed by atoms with E-state index in [-0.39, 0.29) is 11.8 Å². The molecule has 2 atom stereocenters. The van der Waals surface area contributed by atoms with Crippen LogP contribution in [0.15, 0.2) is 18.2 Å². The van der Waals surface area contributed by atoms with Crippen molar-refractivity contribution in [2.45, 2.75) is 51.1 Å². The Morgan fingerprint density at radius 2 is 2.04 bits per heavy atom. The van der Waals surface area contributed by atoms with Gasteiger partial charge in [-0.3, -0.25) is 4.79 Å². The van der Waals surface area contributed by atoms with E-state index >= 15 is 0 Å². The number of carbonyl (C=O) groups excluding carboxylic acids is 1. The highest BCUT2D eigenvalue weighted by Crippen LogP contribution is 2.32. The predicted octanol–water partition coefficient (Wildman–Crippen LogP) is 2.37. The van der Waals surface area contributed by atoms with Crippen LogP contribution in [0.3, 0.4) is 0 Å². The Labute approximate surface area is 137 Å². The Bertz CT molecular complexity index is 571. The molecule has 0 aromatic heterocycles. The van der Waals surface area contributed by atoms with Gasteiger partial charge in [-0.25, -0.2) is 0 Å². The summed E-state index contributed by atoms with van der Waals surface area (Å²) in [5.74, 6) is 1.49. The fourth-order valence-electron chi connectivity index (χ4n) is 3.42. The Hall–Kier alpha value is -1.75. The maximum Gasteiger partial charge on any atom is 0.225 e. The van der Waals surface area contributed by atoms with Crippen LogP contribution < -0.4 is 20.5 Å². The second kappa shape index (κ2) is 6.79. The van der Waals surface area contributed by atoms with Crippen LogP contribution in [-0.2, 0) is 11.3 Å². The summed E-state index contributed by atoms with van der Waals surface area (Å²) >= 11 is 0. The zero-order valence-electron chi connectivity index (χ0n) is 13.8. The molecule has 1 aliphatic carbocycles. The molecule has 126 valence electrons. The maximum absolute atomic E-state index is 12.5. The van der Waals surface area contributed by atoms with Crippen molar-refractivity contribution >= 4 is 5.91 Å². The van der Waals surface area contributed by atoms with Gasteiger partial charge >= 0.3 is 0 Å². The minimum absolute atomic E-state index is 0.0572. The summed E-state index contributed by atoms with van der Waals surface area (Å²) in [6, 6.07) is 5.83. The van der Waals surface area contributed by atoms with Crippen LogP contribution in [0, 0.1) is 5.92 Å². The van der Waals surface area contributed by atoms with E-state index in [1.165, 1.54) is 0 Å². The van der Waals surface area contributed by atoms with Crippen LogP contribution in [0.2, 0.25) is 0 Å². The number of hydrogen-bond donors (Lipinski definition) is 2. The number of fused-ring (bicyclic) bond motifs is 1. The molecule has 0 bridgehead atoms. The average molecular weight is 318 g/mol. The largest absolute Gasteiger partial charge is 0.490 e. The van der Waals surface area contributed by atoms with Gasteiger partial charge < -0.3 is 20.5 Å². The molecule has 23 heavy (non-hydrogen) atoms. The Balaban J connectivity index is 1.62. The minimum Gasteiger partial charge on any atom is -0.490 e. The fourth-order valence-corrected chi connectivity index (χ4v) is 3.42. The monoisotopic (exact) mass is 318 g/mol. The zero-order chi connectivity index (χ0) is 16.3. The Morgan fingerprint density at radius 1 is 1.26 bits per heavy atom. The molecule has 2 unspecified atom stereocenters. The predicted molar refractivity (Wildman–Crippen MR) is 88.4 cm³/mol. The average Bonchev–Trinajstić information content (AvgIpc) is 2.77. The molecule has 1 aromatic rings. The fraction of sp³-hybridized carbons (Fsp3) is 0.611. The second-order valence-corrected chi connectivity index (χ2v) is 6.85. The van der Waals surface area contributed by atoms with Gasteiger partial charge in [0.15, 0.2) is 11.5 Å². The summed E-state index contributed by atoms with van der Waals surface area (Å²) in [6.45, 7) is 3.82. The second-order valence-electron chi connectivity index (χ2n) is 6.85. The molecule has 0 radical (unpaired) electrons. The van der Waals surface area contributed by atoms with Crippen LogP contribution >= 0.6 is 0 Å². The van der Waals surface area contributed by atoms with Gasteiger partial charge in [0.25, 0.3) is 0 Å². The smallest absolute Gasteiger partial charge is 0.225 e. The summed E-state index contributed by atoms with van der Waals surface area (Å²) in [7, 11) is 0. The van der Waals surface area contributed by atoms with Crippen molar-refractivity contribution in [1.82, 2.24) is 5.32 Å². The summed E-state index contributed by atoms with van der Waals surface area (Å²) in [4.78, 5) is 12.5. The lowest BCUT2D eigenvalue weighted by Gasteiger charge is -2.37. The number of benzene rings is 1. The van der Waals surface area contributed by atoms with Crippen LogP contribution in [0.25, 0.3) is 0 Å². The highest BCUT2D eigenvalue weighted by atomic mass is 16.5. The molecule has 0 spiro atoms. The molecule has 1 saturated carbocycles. The summed E-state index contributed by atoms with van der Waals surface area (Å²) in [5.41, 5.74) is 6.92. The number of amides is 1. The molecule has 1 aliphatic heterocycles. The van der Waals surface area contributed by atoms with Crippen molar-refractivity contribution in [3.8, 4) is 11.5 Å². The molecular weight excluding hydrogens is 292 g/mol. The first-order valence-corrected chi connectivity index (χ1v) is 8.51. The van der Waals surface area contributed by atoms with Crippen molar-refractivity contribution in [2.24, 2.45) is 11.7 Å². The Morgan fingerprint density at radius 3 is 2.83 bits per heavy atom. The van der Waals surface area contributed by atoms with Crippen LogP contribution in [0.5, 0.6) is 11.5 Å². The molecule has 0 saturated heterocycles. The van der Waals surface area contributed by atoms with Gasteiger partial charge in [-0.2, -0.15) is 0 Å². The number of rotatable bonds is 3. The van der Waals surface area contributed by atoms with E-state index in [4.69, 9.17) is 15.2 Å². The van der Waals surface area contributed by atoms with Crippen LogP contribution in [0.1, 0.15) is 44.6 Å². The van der Waals surface area contributed by atoms with E-state index in [0.29, 0.717) is 19.8 Å². The summed E-state index contributed by atoms with van der Waals surface area (Å²) in [5, 5.41) is 3.03.